The molecule has 0 atom stereocenters. The van der Waals surface area contributed by atoms with Crippen LogP contribution in [0.5, 0.6) is 5.75 Å². The molecule has 1 amide bonds. The predicted octanol–water partition coefficient (Wildman–Crippen LogP) is 1.50. The van der Waals surface area contributed by atoms with Gasteiger partial charge in [0.25, 0.3) is 5.91 Å². The van der Waals surface area contributed by atoms with Gasteiger partial charge in [-0.2, -0.15) is 0 Å². The number of carbonyl (C=O) groups excluding carboxylic acids is 2. The molecule has 1 fully saturated rings. The molecule has 1 aromatic carbocycles. The molecule has 0 spiro atoms. The summed E-state index contributed by atoms with van der Waals surface area (Å²) in [6, 6.07) is 7.00. The van der Waals surface area contributed by atoms with Crippen molar-refractivity contribution >= 4 is 11.7 Å². The molecule has 0 radical (unpaired) electrons. The van der Waals surface area contributed by atoms with E-state index in [9.17, 15) is 9.59 Å². The fourth-order valence-electron chi connectivity index (χ4n) is 1.95. The number of amides is 1. The van der Waals surface area contributed by atoms with Crippen LogP contribution in [0.2, 0.25) is 0 Å². The number of carbonyl (C=O) groups is 2. The maximum atomic E-state index is 12.1. The Morgan fingerprint density at radius 2 is 2.24 bits per heavy atom. The van der Waals surface area contributed by atoms with Crippen LogP contribution in [0.3, 0.4) is 0 Å². The standard InChI is InChI=1S/C13H15NO3/c1-17-12-6-2-4-10(8-12)13(16)14-7-3-5-11(15)9-14/h2,4,6,8H,3,5,7,9H2,1H3. The van der Waals surface area contributed by atoms with Gasteiger partial charge in [-0.3, -0.25) is 9.59 Å². The van der Waals surface area contributed by atoms with E-state index in [1.54, 1.807) is 36.3 Å². The lowest BCUT2D eigenvalue weighted by Crippen LogP contribution is -2.40. The fraction of sp³-hybridized carbons (Fsp3) is 0.385. The molecule has 0 unspecified atom stereocenters. The number of rotatable bonds is 2. The van der Waals surface area contributed by atoms with Crippen LogP contribution in [0.15, 0.2) is 24.3 Å². The Hall–Kier alpha value is -1.84. The largest absolute Gasteiger partial charge is 0.497 e. The van der Waals surface area contributed by atoms with Crippen molar-refractivity contribution in [2.75, 3.05) is 20.2 Å². The number of piperidine rings is 1. The van der Waals surface area contributed by atoms with Crippen molar-refractivity contribution in [3.8, 4) is 5.75 Å². The third kappa shape index (κ3) is 2.64. The van der Waals surface area contributed by atoms with Crippen LogP contribution >= 0.6 is 0 Å². The van der Waals surface area contributed by atoms with Gasteiger partial charge in [0.2, 0.25) is 0 Å². The van der Waals surface area contributed by atoms with E-state index in [1.807, 2.05) is 0 Å². The quantitative estimate of drug-likeness (QED) is 0.777. The molecular formula is C13H15NO3. The summed E-state index contributed by atoms with van der Waals surface area (Å²) < 4.78 is 5.08. The normalized spacial score (nSPS) is 15.8. The minimum absolute atomic E-state index is 0.100. The molecule has 0 N–H and O–H groups in total. The number of hydrogen-bond donors (Lipinski definition) is 0. The number of ether oxygens (including phenoxy) is 1. The molecule has 1 aliphatic heterocycles. The molecule has 0 aliphatic carbocycles. The summed E-state index contributed by atoms with van der Waals surface area (Å²) in [6.07, 6.45) is 1.34. The summed E-state index contributed by atoms with van der Waals surface area (Å²) in [5, 5.41) is 0. The summed E-state index contributed by atoms with van der Waals surface area (Å²) in [5.74, 6) is 0.684. The second-order valence-corrected chi connectivity index (χ2v) is 4.10. The predicted molar refractivity (Wildman–Crippen MR) is 63.1 cm³/mol. The first-order valence-electron chi connectivity index (χ1n) is 5.66. The molecular weight excluding hydrogens is 218 g/mol. The highest BCUT2D eigenvalue weighted by atomic mass is 16.5. The van der Waals surface area contributed by atoms with Crippen LogP contribution in [0, 0.1) is 0 Å². The van der Waals surface area contributed by atoms with Crippen molar-refractivity contribution in [1.82, 2.24) is 4.90 Å². The molecule has 4 heteroatoms. The van der Waals surface area contributed by atoms with Gasteiger partial charge < -0.3 is 9.64 Å². The zero-order valence-corrected chi connectivity index (χ0v) is 9.81. The van der Waals surface area contributed by atoms with Gasteiger partial charge in [0.1, 0.15) is 5.75 Å². The summed E-state index contributed by atoms with van der Waals surface area (Å²) in [5.41, 5.74) is 0.569. The number of nitrogens with zero attached hydrogens (tertiary/aromatic N) is 1. The van der Waals surface area contributed by atoms with Crippen molar-refractivity contribution < 1.29 is 14.3 Å². The number of methoxy groups -OCH3 is 1. The zero-order chi connectivity index (χ0) is 12.3. The SMILES string of the molecule is COc1cccc(C(=O)N2CCCC(=O)C2)c1. The number of Topliss-reactive ketones (excluding diaryl/α,β-unsaturated/α-hetero) is 1. The second kappa shape index (κ2) is 4.99. The van der Waals surface area contributed by atoms with Crippen molar-refractivity contribution in [2.24, 2.45) is 0 Å². The average Bonchev–Trinajstić information content (AvgIpc) is 2.38. The minimum Gasteiger partial charge on any atom is -0.497 e. The van der Waals surface area contributed by atoms with E-state index < -0.39 is 0 Å². The van der Waals surface area contributed by atoms with E-state index in [0.29, 0.717) is 24.3 Å². The van der Waals surface area contributed by atoms with E-state index in [4.69, 9.17) is 4.74 Å². The van der Waals surface area contributed by atoms with Gasteiger partial charge in [-0.1, -0.05) is 6.07 Å². The summed E-state index contributed by atoms with van der Waals surface area (Å²) in [6.45, 7) is 0.887. The summed E-state index contributed by atoms with van der Waals surface area (Å²) in [7, 11) is 1.56. The maximum Gasteiger partial charge on any atom is 0.254 e. The van der Waals surface area contributed by atoms with E-state index in [2.05, 4.69) is 0 Å². The first-order valence-corrected chi connectivity index (χ1v) is 5.66. The Bertz CT molecular complexity index is 442. The smallest absolute Gasteiger partial charge is 0.254 e. The topological polar surface area (TPSA) is 46.6 Å². The van der Waals surface area contributed by atoms with Gasteiger partial charge >= 0.3 is 0 Å². The highest BCUT2D eigenvalue weighted by molar-refractivity contribution is 5.97. The third-order valence-electron chi connectivity index (χ3n) is 2.85. The number of benzene rings is 1. The van der Waals surface area contributed by atoms with Crippen LogP contribution in [0.25, 0.3) is 0 Å². The average molecular weight is 233 g/mol. The molecule has 4 nitrogen and oxygen atoms in total. The van der Waals surface area contributed by atoms with Gasteiger partial charge in [0.15, 0.2) is 5.78 Å². The van der Waals surface area contributed by atoms with E-state index >= 15 is 0 Å². The Morgan fingerprint density at radius 3 is 2.94 bits per heavy atom. The van der Waals surface area contributed by atoms with E-state index in [1.165, 1.54) is 0 Å². The molecule has 0 aromatic heterocycles. The lowest BCUT2D eigenvalue weighted by atomic mass is 10.1. The van der Waals surface area contributed by atoms with Crippen LogP contribution in [-0.2, 0) is 4.79 Å². The van der Waals surface area contributed by atoms with Gasteiger partial charge in [0.05, 0.1) is 13.7 Å². The zero-order valence-electron chi connectivity index (χ0n) is 9.81. The lowest BCUT2D eigenvalue weighted by Gasteiger charge is -2.25. The first kappa shape index (κ1) is 11.6. The van der Waals surface area contributed by atoms with Gasteiger partial charge in [0, 0.05) is 18.5 Å². The minimum atomic E-state index is -0.100. The Labute approximate surface area is 100 Å². The molecule has 0 saturated carbocycles. The number of likely N-dealkylation sites (tertiary alicyclic amines) is 1. The van der Waals surface area contributed by atoms with E-state index in [0.717, 1.165) is 6.42 Å². The first-order chi connectivity index (χ1) is 8.20. The molecule has 1 aliphatic rings. The second-order valence-electron chi connectivity index (χ2n) is 4.10. The monoisotopic (exact) mass is 233 g/mol. The Balaban J connectivity index is 2.15. The van der Waals surface area contributed by atoms with Crippen LogP contribution in [0.1, 0.15) is 23.2 Å². The van der Waals surface area contributed by atoms with Gasteiger partial charge in [-0.25, -0.2) is 0 Å². The molecule has 2 rings (SSSR count). The molecule has 17 heavy (non-hydrogen) atoms. The molecule has 1 aromatic rings. The van der Waals surface area contributed by atoms with Crippen molar-refractivity contribution in [3.63, 3.8) is 0 Å². The third-order valence-corrected chi connectivity index (χ3v) is 2.85. The lowest BCUT2D eigenvalue weighted by molar-refractivity contribution is -0.121. The van der Waals surface area contributed by atoms with E-state index in [-0.39, 0.29) is 18.2 Å². The molecule has 1 heterocycles. The molecule has 0 bridgehead atoms. The summed E-state index contributed by atoms with van der Waals surface area (Å²) >= 11 is 0. The maximum absolute atomic E-state index is 12.1. The van der Waals surface area contributed by atoms with Crippen molar-refractivity contribution in [1.29, 1.82) is 0 Å². The van der Waals surface area contributed by atoms with Crippen molar-refractivity contribution in [3.05, 3.63) is 29.8 Å². The number of ketones is 1. The van der Waals surface area contributed by atoms with Crippen LogP contribution in [0.4, 0.5) is 0 Å². The Kier molecular flexibility index (Phi) is 3.42. The highest BCUT2D eigenvalue weighted by Gasteiger charge is 2.22. The molecule has 1 saturated heterocycles. The highest BCUT2D eigenvalue weighted by Crippen LogP contribution is 2.16. The molecule has 90 valence electrons. The van der Waals surface area contributed by atoms with Crippen molar-refractivity contribution in [2.45, 2.75) is 12.8 Å². The van der Waals surface area contributed by atoms with Gasteiger partial charge in [-0.15, -0.1) is 0 Å². The Morgan fingerprint density at radius 1 is 1.41 bits per heavy atom. The van der Waals surface area contributed by atoms with Crippen LogP contribution in [-0.4, -0.2) is 36.8 Å². The van der Waals surface area contributed by atoms with Gasteiger partial charge in [-0.05, 0) is 24.6 Å². The fourth-order valence-corrected chi connectivity index (χ4v) is 1.95. The summed E-state index contributed by atoms with van der Waals surface area (Å²) in [4.78, 5) is 25.0. The van der Waals surface area contributed by atoms with Crippen LogP contribution < -0.4 is 4.74 Å². The number of hydrogen-bond acceptors (Lipinski definition) is 3.